The van der Waals surface area contributed by atoms with Crippen molar-refractivity contribution in [1.29, 1.82) is 0 Å². The molecule has 4 aromatic rings. The van der Waals surface area contributed by atoms with Gasteiger partial charge in [0.15, 0.2) is 5.76 Å². The van der Waals surface area contributed by atoms with Gasteiger partial charge in [-0.3, -0.25) is 19.2 Å². The number of pyridine rings is 1. The van der Waals surface area contributed by atoms with Crippen molar-refractivity contribution < 1.29 is 28.7 Å². The van der Waals surface area contributed by atoms with Crippen molar-refractivity contribution in [3.63, 3.8) is 0 Å². The van der Waals surface area contributed by atoms with Crippen LogP contribution in [0.25, 0.3) is 10.9 Å². The molecule has 230 valence electrons. The Bertz CT molecular complexity index is 1630. The van der Waals surface area contributed by atoms with E-state index in [9.17, 15) is 24.3 Å². The van der Waals surface area contributed by atoms with E-state index in [0.29, 0.717) is 11.1 Å². The van der Waals surface area contributed by atoms with E-state index >= 15 is 0 Å². The van der Waals surface area contributed by atoms with Crippen molar-refractivity contribution in [3.05, 3.63) is 102 Å². The number of para-hydroxylation sites is 1. The number of aromatic nitrogens is 1. The molecule has 11 nitrogen and oxygen atoms in total. The topological polar surface area (TPSA) is 177 Å². The zero-order valence-corrected chi connectivity index (χ0v) is 24.9. The van der Waals surface area contributed by atoms with Gasteiger partial charge < -0.3 is 31.2 Å². The highest BCUT2D eigenvalue weighted by molar-refractivity contribution is 5.99. The fourth-order valence-corrected chi connectivity index (χ4v) is 4.73. The van der Waals surface area contributed by atoms with Crippen LogP contribution in [0.2, 0.25) is 0 Å². The smallest absolute Gasteiger partial charge is 0.287 e. The number of carbonyl (C=O) groups excluding carboxylic acids is 4. The van der Waals surface area contributed by atoms with Gasteiger partial charge in [-0.05, 0) is 51.0 Å². The van der Waals surface area contributed by atoms with Crippen LogP contribution in [0.4, 0.5) is 0 Å². The summed E-state index contributed by atoms with van der Waals surface area (Å²) >= 11 is 0. The van der Waals surface area contributed by atoms with Crippen molar-refractivity contribution in [2.75, 3.05) is 0 Å². The van der Waals surface area contributed by atoms with Crippen LogP contribution in [-0.2, 0) is 22.4 Å². The maximum Gasteiger partial charge on any atom is 0.287 e. The molecule has 2 heterocycles. The highest BCUT2D eigenvalue weighted by atomic mass is 16.3. The molecule has 0 bridgehead atoms. The summed E-state index contributed by atoms with van der Waals surface area (Å²) in [6.07, 6.45) is -0.0832. The maximum absolute atomic E-state index is 13.5. The lowest BCUT2D eigenvalue weighted by Gasteiger charge is -2.27. The first kappa shape index (κ1) is 31.9. The molecule has 6 N–H and O–H groups in total. The van der Waals surface area contributed by atoms with Crippen molar-refractivity contribution in [1.82, 2.24) is 20.9 Å². The summed E-state index contributed by atoms with van der Waals surface area (Å²) in [6.45, 7) is 5.52. The molecule has 2 aromatic heterocycles. The first-order chi connectivity index (χ1) is 20.9. The van der Waals surface area contributed by atoms with E-state index in [0.717, 1.165) is 10.9 Å². The zero-order chi connectivity index (χ0) is 31.9. The van der Waals surface area contributed by atoms with E-state index in [1.54, 1.807) is 24.3 Å². The predicted octanol–water partition coefficient (Wildman–Crippen LogP) is 2.66. The van der Waals surface area contributed by atoms with Crippen LogP contribution in [-0.4, -0.2) is 57.4 Å². The quantitative estimate of drug-likeness (QED) is 0.166. The second-order valence-electron chi connectivity index (χ2n) is 11.6. The average Bonchev–Trinajstić information content (AvgIpc) is 3.44. The van der Waals surface area contributed by atoms with Crippen LogP contribution in [0, 0.1) is 0 Å². The van der Waals surface area contributed by atoms with Crippen molar-refractivity contribution >= 4 is 34.5 Å². The molecule has 4 amide bonds. The van der Waals surface area contributed by atoms with Crippen molar-refractivity contribution in [2.24, 2.45) is 5.73 Å². The standard InChI is InChI=1S/C33H37N5O6/c1-33(2,3)38-32(43)29-22(15-16-44-29)18-27(39)25(17-20-9-5-4-6-10-20)36-31(42)26(19-28(34)40)37-30(41)24-14-13-21-11-7-8-12-23(21)35-24/h4-16,25-27,39H,17-19H2,1-3H3,(H2,34,40)(H,36,42)(H,37,41)(H,38,43)/t25-,26-,27+/m0/s1. The van der Waals surface area contributed by atoms with Crippen LogP contribution in [0.5, 0.6) is 0 Å². The number of hydrogen-bond donors (Lipinski definition) is 5. The average molecular weight is 600 g/mol. The van der Waals surface area contributed by atoms with Crippen LogP contribution < -0.4 is 21.7 Å². The summed E-state index contributed by atoms with van der Waals surface area (Å²) in [5.74, 6) is -2.55. The summed E-state index contributed by atoms with van der Waals surface area (Å²) in [5, 5.41) is 20.4. The molecule has 0 aliphatic rings. The Kier molecular flexibility index (Phi) is 10.1. The number of nitrogens with two attached hydrogens (primary N) is 1. The van der Waals surface area contributed by atoms with Gasteiger partial charge in [0.1, 0.15) is 11.7 Å². The second-order valence-corrected chi connectivity index (χ2v) is 11.6. The maximum atomic E-state index is 13.5. The van der Waals surface area contributed by atoms with Crippen LogP contribution in [0.1, 0.15) is 59.4 Å². The second kappa shape index (κ2) is 14.0. The van der Waals surface area contributed by atoms with Crippen molar-refractivity contribution in [2.45, 2.75) is 63.8 Å². The lowest BCUT2D eigenvalue weighted by Crippen LogP contribution is -2.54. The van der Waals surface area contributed by atoms with Crippen LogP contribution >= 0.6 is 0 Å². The minimum atomic E-state index is -1.33. The van der Waals surface area contributed by atoms with Gasteiger partial charge in [-0.25, -0.2) is 4.98 Å². The van der Waals surface area contributed by atoms with E-state index in [-0.39, 0.29) is 24.3 Å². The van der Waals surface area contributed by atoms with Gasteiger partial charge in [-0.1, -0.05) is 54.6 Å². The molecule has 0 radical (unpaired) electrons. The van der Waals surface area contributed by atoms with Crippen LogP contribution in [0.3, 0.4) is 0 Å². The molecule has 0 saturated heterocycles. The number of primary amides is 1. The number of benzene rings is 2. The molecular formula is C33H37N5O6. The number of furan rings is 1. The summed E-state index contributed by atoms with van der Waals surface area (Å²) in [5.41, 5.74) is 6.86. The lowest BCUT2D eigenvalue weighted by atomic mass is 9.95. The lowest BCUT2D eigenvalue weighted by molar-refractivity contribution is -0.128. The molecular weight excluding hydrogens is 562 g/mol. The molecule has 44 heavy (non-hydrogen) atoms. The summed E-state index contributed by atoms with van der Waals surface area (Å²) < 4.78 is 5.43. The van der Waals surface area contributed by atoms with Gasteiger partial charge >= 0.3 is 0 Å². The molecule has 11 heteroatoms. The third-order valence-corrected chi connectivity index (χ3v) is 6.82. The van der Waals surface area contributed by atoms with Gasteiger partial charge in [0.25, 0.3) is 11.8 Å². The SMILES string of the molecule is CC(C)(C)NC(=O)c1occc1C[C@@H](O)[C@H](Cc1ccccc1)NC(=O)[C@H](CC(N)=O)NC(=O)c1ccc2ccccc2n1. The number of hydrogen-bond acceptors (Lipinski definition) is 7. The van der Waals surface area contributed by atoms with Gasteiger partial charge in [0, 0.05) is 22.9 Å². The Hall–Kier alpha value is -5.03. The highest BCUT2D eigenvalue weighted by Gasteiger charge is 2.30. The first-order valence-electron chi connectivity index (χ1n) is 14.3. The summed E-state index contributed by atoms with van der Waals surface area (Å²) in [7, 11) is 0. The number of aliphatic hydroxyl groups is 1. The Morgan fingerprint density at radius 1 is 0.886 bits per heavy atom. The third kappa shape index (κ3) is 8.74. The molecule has 4 rings (SSSR count). The summed E-state index contributed by atoms with van der Waals surface area (Å²) in [6, 6.07) is 19.1. The molecule has 0 aliphatic heterocycles. The number of carbonyl (C=O) groups is 4. The number of aliphatic hydroxyl groups excluding tert-OH is 1. The van der Waals surface area contributed by atoms with Gasteiger partial charge in [-0.15, -0.1) is 0 Å². The van der Waals surface area contributed by atoms with E-state index in [1.165, 1.54) is 12.3 Å². The third-order valence-electron chi connectivity index (χ3n) is 6.82. The highest BCUT2D eigenvalue weighted by Crippen LogP contribution is 2.18. The summed E-state index contributed by atoms with van der Waals surface area (Å²) in [4.78, 5) is 55.7. The molecule has 0 aliphatic carbocycles. The normalized spacial score (nSPS) is 13.5. The number of fused-ring (bicyclic) bond motifs is 1. The Morgan fingerprint density at radius 3 is 2.30 bits per heavy atom. The fraction of sp³-hybridized carbons (Fsp3) is 0.303. The number of amides is 4. The fourth-order valence-electron chi connectivity index (χ4n) is 4.73. The molecule has 0 fully saturated rings. The number of rotatable bonds is 12. The van der Waals surface area contributed by atoms with E-state index in [4.69, 9.17) is 10.2 Å². The van der Waals surface area contributed by atoms with Gasteiger partial charge in [-0.2, -0.15) is 0 Å². The van der Waals surface area contributed by atoms with Gasteiger partial charge in [0.2, 0.25) is 11.8 Å². The van der Waals surface area contributed by atoms with Gasteiger partial charge in [0.05, 0.1) is 30.3 Å². The Labute approximate surface area is 255 Å². The number of nitrogens with zero attached hydrogens (tertiary/aromatic N) is 1. The first-order valence-corrected chi connectivity index (χ1v) is 14.3. The van der Waals surface area contributed by atoms with E-state index in [1.807, 2.05) is 63.2 Å². The number of nitrogens with one attached hydrogen (secondary N) is 3. The van der Waals surface area contributed by atoms with Crippen molar-refractivity contribution in [3.8, 4) is 0 Å². The van der Waals surface area contributed by atoms with Crippen LogP contribution in [0.15, 0.2) is 83.5 Å². The Balaban J connectivity index is 1.54. The predicted molar refractivity (Wildman–Crippen MR) is 165 cm³/mol. The minimum Gasteiger partial charge on any atom is -0.459 e. The minimum absolute atomic E-state index is 0.0188. The van der Waals surface area contributed by atoms with E-state index in [2.05, 4.69) is 20.9 Å². The Morgan fingerprint density at radius 2 is 1.59 bits per heavy atom. The monoisotopic (exact) mass is 599 g/mol. The molecule has 2 aromatic carbocycles. The molecule has 3 atom stereocenters. The zero-order valence-electron chi connectivity index (χ0n) is 24.9. The molecule has 0 spiro atoms. The largest absolute Gasteiger partial charge is 0.459 e. The van der Waals surface area contributed by atoms with E-state index < -0.39 is 53.8 Å². The molecule has 0 saturated carbocycles. The molecule has 0 unspecified atom stereocenters.